The van der Waals surface area contributed by atoms with E-state index in [0.29, 0.717) is 29.2 Å². The summed E-state index contributed by atoms with van der Waals surface area (Å²) in [5.74, 6) is 0. The van der Waals surface area contributed by atoms with Gasteiger partial charge < -0.3 is 22.9 Å². The van der Waals surface area contributed by atoms with E-state index in [-0.39, 0.29) is 0 Å². The molecule has 0 fully saturated rings. The predicted octanol–water partition coefficient (Wildman–Crippen LogP) is 2.84. The van der Waals surface area contributed by atoms with Gasteiger partial charge in [0.2, 0.25) is 0 Å². The lowest BCUT2D eigenvalue weighted by atomic mass is 9.93. The van der Waals surface area contributed by atoms with E-state index in [1.165, 1.54) is 0 Å². The third kappa shape index (κ3) is 2.49. The van der Waals surface area contributed by atoms with Gasteiger partial charge in [0.05, 0.1) is 22.7 Å². The summed E-state index contributed by atoms with van der Waals surface area (Å²) in [6, 6.07) is 4.15. The smallest absolute Gasteiger partial charge is 0.0586 e. The number of benzene rings is 2. The summed E-state index contributed by atoms with van der Waals surface area (Å²) < 4.78 is 0. The van der Waals surface area contributed by atoms with Crippen LogP contribution in [0.1, 0.15) is 33.4 Å². The molecule has 0 saturated carbocycles. The van der Waals surface area contributed by atoms with Gasteiger partial charge >= 0.3 is 0 Å². The minimum atomic E-state index is 0.633. The Kier molecular flexibility index (Phi) is 3.73. The van der Waals surface area contributed by atoms with Crippen molar-refractivity contribution < 1.29 is 0 Å². The zero-order valence-corrected chi connectivity index (χ0v) is 13.2. The maximum atomic E-state index is 6.16. The molecular formula is C17H24N4. The Bertz CT molecular complexity index is 656. The van der Waals surface area contributed by atoms with Crippen molar-refractivity contribution in [2.75, 3.05) is 22.9 Å². The molecule has 4 heteroatoms. The molecule has 0 heterocycles. The zero-order chi connectivity index (χ0) is 15.9. The molecule has 4 nitrogen and oxygen atoms in total. The van der Waals surface area contributed by atoms with Crippen LogP contribution in [0.2, 0.25) is 0 Å². The number of hydrogen-bond acceptors (Lipinski definition) is 4. The van der Waals surface area contributed by atoms with Gasteiger partial charge in [-0.15, -0.1) is 0 Å². The first-order chi connectivity index (χ1) is 9.73. The largest absolute Gasteiger partial charge is 0.397 e. The first-order valence-corrected chi connectivity index (χ1v) is 7.02. The Morgan fingerprint density at radius 2 is 0.952 bits per heavy atom. The van der Waals surface area contributed by atoms with Crippen molar-refractivity contribution in [3.63, 3.8) is 0 Å². The number of rotatable bonds is 2. The lowest BCUT2D eigenvalue weighted by molar-refractivity contribution is 1.16. The maximum absolute atomic E-state index is 6.16. The van der Waals surface area contributed by atoms with Crippen LogP contribution < -0.4 is 22.9 Å². The Labute approximate surface area is 126 Å². The average Bonchev–Trinajstić information content (AvgIpc) is 2.45. The Morgan fingerprint density at radius 3 is 1.29 bits per heavy atom. The summed E-state index contributed by atoms with van der Waals surface area (Å²) in [5.41, 5.74) is 33.4. The van der Waals surface area contributed by atoms with E-state index in [0.717, 1.165) is 33.4 Å². The monoisotopic (exact) mass is 284 g/mol. The van der Waals surface area contributed by atoms with Gasteiger partial charge in [-0.05, 0) is 61.1 Å². The lowest BCUT2D eigenvalue weighted by Gasteiger charge is -2.17. The molecule has 0 aliphatic carbocycles. The van der Waals surface area contributed by atoms with E-state index in [2.05, 4.69) is 12.1 Å². The second kappa shape index (κ2) is 5.20. The Morgan fingerprint density at radius 1 is 0.619 bits per heavy atom. The van der Waals surface area contributed by atoms with Crippen LogP contribution in [0.4, 0.5) is 22.7 Å². The van der Waals surface area contributed by atoms with Crippen LogP contribution >= 0.6 is 0 Å². The van der Waals surface area contributed by atoms with Gasteiger partial charge in [-0.1, -0.05) is 12.1 Å². The Balaban J connectivity index is 2.54. The minimum Gasteiger partial charge on any atom is -0.397 e. The Hall–Kier alpha value is -2.36. The summed E-state index contributed by atoms with van der Waals surface area (Å²) in [6.07, 6.45) is 0.633. The second-order valence-electron chi connectivity index (χ2n) is 5.79. The van der Waals surface area contributed by atoms with Crippen molar-refractivity contribution in [3.8, 4) is 0 Å². The molecule has 0 amide bonds. The van der Waals surface area contributed by atoms with Crippen molar-refractivity contribution in [1.29, 1.82) is 0 Å². The SMILES string of the molecule is Cc1cc(Cc2cc(C)c(C)c(N)c2N)c(N)c(N)c1C. The van der Waals surface area contributed by atoms with Crippen LogP contribution in [0.25, 0.3) is 0 Å². The normalized spacial score (nSPS) is 10.9. The maximum Gasteiger partial charge on any atom is 0.0586 e. The molecule has 21 heavy (non-hydrogen) atoms. The van der Waals surface area contributed by atoms with E-state index in [1.54, 1.807) is 0 Å². The number of nitrogens with two attached hydrogens (primary N) is 4. The van der Waals surface area contributed by atoms with Gasteiger partial charge in [0, 0.05) is 6.42 Å². The van der Waals surface area contributed by atoms with Crippen LogP contribution in [-0.2, 0) is 6.42 Å². The van der Waals surface area contributed by atoms with Crippen molar-refractivity contribution in [3.05, 3.63) is 45.5 Å². The van der Waals surface area contributed by atoms with Crippen molar-refractivity contribution in [2.24, 2.45) is 0 Å². The van der Waals surface area contributed by atoms with Gasteiger partial charge in [-0.3, -0.25) is 0 Å². The highest BCUT2D eigenvalue weighted by atomic mass is 14.7. The fraction of sp³-hybridized carbons (Fsp3) is 0.294. The van der Waals surface area contributed by atoms with E-state index in [1.807, 2.05) is 27.7 Å². The molecular weight excluding hydrogens is 260 g/mol. The van der Waals surface area contributed by atoms with Crippen LogP contribution in [0.3, 0.4) is 0 Å². The van der Waals surface area contributed by atoms with Gasteiger partial charge in [-0.2, -0.15) is 0 Å². The van der Waals surface area contributed by atoms with Gasteiger partial charge in [0.15, 0.2) is 0 Å². The van der Waals surface area contributed by atoms with Crippen LogP contribution in [0, 0.1) is 27.7 Å². The number of hydrogen-bond donors (Lipinski definition) is 4. The molecule has 0 aliphatic heterocycles. The van der Waals surface area contributed by atoms with E-state index < -0.39 is 0 Å². The first kappa shape index (κ1) is 15.0. The van der Waals surface area contributed by atoms with E-state index >= 15 is 0 Å². The summed E-state index contributed by atoms with van der Waals surface area (Å²) in [6.45, 7) is 8.03. The minimum absolute atomic E-state index is 0.633. The summed E-state index contributed by atoms with van der Waals surface area (Å²) in [7, 11) is 0. The summed E-state index contributed by atoms with van der Waals surface area (Å²) in [4.78, 5) is 0. The molecule has 0 saturated heterocycles. The molecule has 2 aromatic carbocycles. The molecule has 0 atom stereocenters. The topological polar surface area (TPSA) is 104 Å². The highest BCUT2D eigenvalue weighted by Gasteiger charge is 2.13. The molecule has 0 aliphatic rings. The highest BCUT2D eigenvalue weighted by Crippen LogP contribution is 2.33. The van der Waals surface area contributed by atoms with Gasteiger partial charge in [-0.25, -0.2) is 0 Å². The van der Waals surface area contributed by atoms with Crippen molar-refractivity contribution in [1.82, 2.24) is 0 Å². The molecule has 8 N–H and O–H groups in total. The summed E-state index contributed by atoms with van der Waals surface area (Å²) >= 11 is 0. The molecule has 0 spiro atoms. The fourth-order valence-electron chi connectivity index (χ4n) is 2.57. The molecule has 0 bridgehead atoms. The quantitative estimate of drug-likeness (QED) is 0.636. The lowest BCUT2D eigenvalue weighted by Crippen LogP contribution is -2.08. The number of aryl methyl sites for hydroxylation is 2. The van der Waals surface area contributed by atoms with E-state index in [9.17, 15) is 0 Å². The van der Waals surface area contributed by atoms with Crippen molar-refractivity contribution >= 4 is 22.7 Å². The standard InChI is InChI=1S/C17H24N4/c1-8-5-12(16(20)14(18)10(8)3)7-13-6-9(2)11(4)15(19)17(13)21/h5-6H,7,18-21H2,1-4H3. The number of anilines is 4. The van der Waals surface area contributed by atoms with Crippen molar-refractivity contribution in [2.45, 2.75) is 34.1 Å². The van der Waals surface area contributed by atoms with E-state index in [4.69, 9.17) is 22.9 Å². The molecule has 2 rings (SSSR count). The molecule has 0 radical (unpaired) electrons. The number of nitrogen functional groups attached to an aromatic ring is 4. The molecule has 112 valence electrons. The molecule has 2 aromatic rings. The average molecular weight is 284 g/mol. The first-order valence-electron chi connectivity index (χ1n) is 7.02. The molecule has 0 aromatic heterocycles. The van der Waals surface area contributed by atoms with Crippen LogP contribution in [-0.4, -0.2) is 0 Å². The fourth-order valence-corrected chi connectivity index (χ4v) is 2.57. The van der Waals surface area contributed by atoms with Gasteiger partial charge in [0.25, 0.3) is 0 Å². The van der Waals surface area contributed by atoms with Crippen LogP contribution in [0.15, 0.2) is 12.1 Å². The molecule has 0 unspecified atom stereocenters. The highest BCUT2D eigenvalue weighted by molar-refractivity contribution is 5.76. The third-order valence-corrected chi connectivity index (χ3v) is 4.43. The predicted molar refractivity (Wildman–Crippen MR) is 92.3 cm³/mol. The summed E-state index contributed by atoms with van der Waals surface area (Å²) in [5, 5.41) is 0. The zero-order valence-electron chi connectivity index (χ0n) is 13.2. The second-order valence-corrected chi connectivity index (χ2v) is 5.79. The van der Waals surface area contributed by atoms with Crippen LogP contribution in [0.5, 0.6) is 0 Å². The third-order valence-electron chi connectivity index (χ3n) is 4.43. The van der Waals surface area contributed by atoms with Gasteiger partial charge in [0.1, 0.15) is 0 Å².